The zero-order valence-corrected chi connectivity index (χ0v) is 16.6. The van der Waals surface area contributed by atoms with Crippen molar-refractivity contribution >= 4 is 56.3 Å². The lowest BCUT2D eigenvalue weighted by Gasteiger charge is -2.25. The molecule has 10 heteroatoms. The Labute approximate surface area is 174 Å². The molecule has 1 aliphatic heterocycles. The largest absolute Gasteiger partial charge is 0.329 e. The molecule has 0 unspecified atom stereocenters. The normalized spacial score (nSPS) is 14.0. The Hall–Kier alpha value is -3.01. The fourth-order valence-corrected chi connectivity index (χ4v) is 4.05. The quantitative estimate of drug-likeness (QED) is 0.389. The van der Waals surface area contributed by atoms with Crippen molar-refractivity contribution < 1.29 is 4.79 Å². The molecule has 1 amide bonds. The SMILES string of the molecule is O=C(Nc1cccc(-c2nnc(Nc3ccc4[nH]ncc4c3Cl)s2)c1)C1CNC1. The number of hydrogen-bond acceptors (Lipinski definition) is 7. The molecule has 8 nitrogen and oxygen atoms in total. The number of aromatic amines is 1. The number of anilines is 3. The first-order valence-corrected chi connectivity index (χ1v) is 10.2. The highest BCUT2D eigenvalue weighted by atomic mass is 35.5. The van der Waals surface area contributed by atoms with Crippen LogP contribution in [-0.2, 0) is 4.79 Å². The van der Waals surface area contributed by atoms with Gasteiger partial charge in [0.2, 0.25) is 11.0 Å². The number of hydrogen-bond donors (Lipinski definition) is 4. The van der Waals surface area contributed by atoms with Gasteiger partial charge in [0.1, 0.15) is 5.01 Å². The van der Waals surface area contributed by atoms with E-state index in [1.807, 2.05) is 36.4 Å². The summed E-state index contributed by atoms with van der Waals surface area (Å²) in [6.07, 6.45) is 1.69. The summed E-state index contributed by atoms with van der Waals surface area (Å²) in [4.78, 5) is 12.1. The van der Waals surface area contributed by atoms with Crippen molar-refractivity contribution in [1.82, 2.24) is 25.7 Å². The fourth-order valence-electron chi connectivity index (χ4n) is 3.03. The van der Waals surface area contributed by atoms with Gasteiger partial charge in [0.25, 0.3) is 0 Å². The second-order valence-electron chi connectivity index (χ2n) is 6.72. The molecule has 146 valence electrons. The minimum Gasteiger partial charge on any atom is -0.329 e. The van der Waals surface area contributed by atoms with Crippen LogP contribution in [0.4, 0.5) is 16.5 Å². The van der Waals surface area contributed by atoms with Crippen molar-refractivity contribution in [2.24, 2.45) is 5.92 Å². The Morgan fingerprint density at radius 1 is 1.21 bits per heavy atom. The van der Waals surface area contributed by atoms with E-state index < -0.39 is 0 Å². The van der Waals surface area contributed by atoms with Crippen molar-refractivity contribution in [2.45, 2.75) is 0 Å². The van der Waals surface area contributed by atoms with E-state index in [0.717, 1.165) is 45.9 Å². The van der Waals surface area contributed by atoms with Crippen molar-refractivity contribution in [3.05, 3.63) is 47.6 Å². The van der Waals surface area contributed by atoms with Crippen LogP contribution in [0.1, 0.15) is 0 Å². The maximum absolute atomic E-state index is 12.1. The number of nitrogens with one attached hydrogen (secondary N) is 4. The van der Waals surface area contributed by atoms with E-state index in [-0.39, 0.29) is 11.8 Å². The summed E-state index contributed by atoms with van der Waals surface area (Å²) in [5.41, 5.74) is 3.24. The summed E-state index contributed by atoms with van der Waals surface area (Å²) in [5, 5.41) is 27.4. The third-order valence-electron chi connectivity index (χ3n) is 4.75. The maximum Gasteiger partial charge on any atom is 0.230 e. The summed E-state index contributed by atoms with van der Waals surface area (Å²) in [6, 6.07) is 11.4. The smallest absolute Gasteiger partial charge is 0.230 e. The van der Waals surface area contributed by atoms with Gasteiger partial charge in [-0.25, -0.2) is 0 Å². The average molecular weight is 426 g/mol. The number of amides is 1. The molecule has 0 aliphatic carbocycles. The summed E-state index contributed by atoms with van der Waals surface area (Å²) in [6.45, 7) is 1.45. The summed E-state index contributed by atoms with van der Waals surface area (Å²) in [5.74, 6) is 0.0677. The van der Waals surface area contributed by atoms with E-state index in [1.165, 1.54) is 11.3 Å². The fraction of sp³-hybridized carbons (Fsp3) is 0.158. The highest BCUT2D eigenvalue weighted by Crippen LogP contribution is 2.34. The number of rotatable bonds is 5. The van der Waals surface area contributed by atoms with Crippen LogP contribution in [0.5, 0.6) is 0 Å². The molecule has 3 heterocycles. The molecule has 2 aromatic heterocycles. The van der Waals surface area contributed by atoms with Gasteiger partial charge in [-0.15, -0.1) is 10.2 Å². The molecule has 1 aliphatic rings. The van der Waals surface area contributed by atoms with Crippen LogP contribution in [0.25, 0.3) is 21.5 Å². The number of carbonyl (C=O) groups excluding carboxylic acids is 1. The Balaban J connectivity index is 1.34. The van der Waals surface area contributed by atoms with E-state index in [9.17, 15) is 4.79 Å². The van der Waals surface area contributed by atoms with E-state index in [1.54, 1.807) is 6.20 Å². The average Bonchev–Trinajstić information content (AvgIpc) is 3.33. The van der Waals surface area contributed by atoms with Crippen LogP contribution >= 0.6 is 22.9 Å². The van der Waals surface area contributed by atoms with E-state index >= 15 is 0 Å². The molecule has 5 rings (SSSR count). The van der Waals surface area contributed by atoms with Gasteiger partial charge in [-0.2, -0.15) is 5.10 Å². The molecule has 1 fully saturated rings. The van der Waals surface area contributed by atoms with Crippen molar-refractivity contribution in [3.8, 4) is 10.6 Å². The Bertz CT molecular complexity index is 1200. The van der Waals surface area contributed by atoms with E-state index in [0.29, 0.717) is 10.2 Å². The van der Waals surface area contributed by atoms with Gasteiger partial charge in [-0.3, -0.25) is 9.89 Å². The van der Waals surface area contributed by atoms with Crippen LogP contribution in [0, 0.1) is 5.92 Å². The van der Waals surface area contributed by atoms with Gasteiger partial charge in [-0.1, -0.05) is 35.1 Å². The molecular weight excluding hydrogens is 410 g/mol. The topological polar surface area (TPSA) is 108 Å². The summed E-state index contributed by atoms with van der Waals surface area (Å²) in [7, 11) is 0. The lowest BCUT2D eigenvalue weighted by Crippen LogP contribution is -2.48. The zero-order valence-electron chi connectivity index (χ0n) is 15.1. The molecule has 4 aromatic rings. The predicted molar refractivity (Wildman–Crippen MR) is 115 cm³/mol. The van der Waals surface area contributed by atoms with Gasteiger partial charge in [0.05, 0.1) is 28.3 Å². The third kappa shape index (κ3) is 3.55. The molecule has 1 saturated heterocycles. The third-order valence-corrected chi connectivity index (χ3v) is 6.05. The number of fused-ring (bicyclic) bond motifs is 1. The molecule has 29 heavy (non-hydrogen) atoms. The summed E-state index contributed by atoms with van der Waals surface area (Å²) < 4.78 is 0. The molecule has 0 atom stereocenters. The van der Waals surface area contributed by atoms with E-state index in [4.69, 9.17) is 11.6 Å². The van der Waals surface area contributed by atoms with Gasteiger partial charge < -0.3 is 16.0 Å². The van der Waals surface area contributed by atoms with E-state index in [2.05, 4.69) is 36.3 Å². The molecule has 2 aromatic carbocycles. The monoisotopic (exact) mass is 425 g/mol. The van der Waals surface area contributed by atoms with Crippen molar-refractivity contribution in [2.75, 3.05) is 23.7 Å². The number of carbonyl (C=O) groups is 1. The van der Waals surface area contributed by atoms with Gasteiger partial charge >= 0.3 is 0 Å². The first-order valence-electron chi connectivity index (χ1n) is 9.01. The van der Waals surface area contributed by atoms with Gasteiger partial charge in [-0.05, 0) is 24.3 Å². The second-order valence-corrected chi connectivity index (χ2v) is 8.08. The lowest BCUT2D eigenvalue weighted by atomic mass is 10.0. The van der Waals surface area contributed by atoms with Crippen LogP contribution in [0.2, 0.25) is 5.02 Å². The molecule has 0 bridgehead atoms. The minimum absolute atomic E-state index is 0.0322. The molecule has 0 spiro atoms. The number of aromatic nitrogens is 4. The highest BCUT2D eigenvalue weighted by Gasteiger charge is 2.24. The standard InChI is InChI=1S/C19H16ClN7OS/c20-16-13-9-22-25-14(13)4-5-15(16)24-19-27-26-18(29-19)10-2-1-3-12(6-10)23-17(28)11-7-21-8-11/h1-6,9,11,21H,7-8H2,(H,22,25)(H,23,28)(H,24,27). The van der Waals surface area contributed by atoms with Crippen LogP contribution in [0.15, 0.2) is 42.6 Å². The first-order chi connectivity index (χ1) is 14.2. The van der Waals surface area contributed by atoms with Crippen LogP contribution in [-0.4, -0.2) is 39.4 Å². The first kappa shape index (κ1) is 18.0. The van der Waals surface area contributed by atoms with Crippen molar-refractivity contribution in [3.63, 3.8) is 0 Å². The Morgan fingerprint density at radius 2 is 2.10 bits per heavy atom. The number of nitrogens with zero attached hydrogens (tertiary/aromatic N) is 3. The van der Waals surface area contributed by atoms with Gasteiger partial charge in [0, 0.05) is 29.7 Å². The second kappa shape index (κ2) is 7.43. The highest BCUT2D eigenvalue weighted by molar-refractivity contribution is 7.18. The predicted octanol–water partition coefficient (Wildman–Crippen LogP) is 3.64. The van der Waals surface area contributed by atoms with Crippen LogP contribution < -0.4 is 16.0 Å². The van der Waals surface area contributed by atoms with Crippen LogP contribution in [0.3, 0.4) is 0 Å². The number of H-pyrrole nitrogens is 1. The molecule has 0 radical (unpaired) electrons. The Kier molecular flexibility index (Phi) is 4.62. The molecule has 0 saturated carbocycles. The minimum atomic E-state index is 0.0322. The van der Waals surface area contributed by atoms with Crippen molar-refractivity contribution in [1.29, 1.82) is 0 Å². The molecule has 4 N–H and O–H groups in total. The number of benzene rings is 2. The zero-order chi connectivity index (χ0) is 19.8. The van der Waals surface area contributed by atoms with Gasteiger partial charge in [0.15, 0.2) is 0 Å². The molecular formula is C19H16ClN7OS. The Morgan fingerprint density at radius 3 is 2.93 bits per heavy atom. The summed E-state index contributed by atoms with van der Waals surface area (Å²) >= 11 is 7.87. The number of halogens is 1. The maximum atomic E-state index is 12.1. The lowest BCUT2D eigenvalue weighted by molar-refractivity contribution is -0.121.